The number of hydrogen-bond donors (Lipinski definition) is 2. The van der Waals surface area contributed by atoms with Gasteiger partial charge in [0.2, 0.25) is 0 Å². The Kier molecular flexibility index (Phi) is 10.1. The van der Waals surface area contributed by atoms with E-state index in [4.69, 9.17) is 0 Å². The standard InChI is InChI=1S/C17H30N4S.HI/c1-14-9-15(2)12-21(11-14)7-4-6-19-17(18-3)20-10-16-5-8-22-13-16;/h5,8,13-15H,4,6-7,9-12H2,1-3H3,(H2,18,19,20);1H. The lowest BCUT2D eigenvalue weighted by Crippen LogP contribution is -2.41. The SMILES string of the molecule is CN=C(NCCCN1CC(C)CC(C)C1)NCc1ccsc1.I. The number of aliphatic imine (C=N–C) groups is 1. The lowest BCUT2D eigenvalue weighted by Gasteiger charge is -2.35. The third-order valence-electron chi connectivity index (χ3n) is 4.15. The van der Waals surface area contributed by atoms with E-state index in [1.807, 2.05) is 7.05 Å². The molecule has 0 bridgehead atoms. The Morgan fingerprint density at radius 3 is 2.65 bits per heavy atom. The average molecular weight is 450 g/mol. The summed E-state index contributed by atoms with van der Waals surface area (Å²) in [4.78, 5) is 6.89. The molecule has 0 amide bonds. The summed E-state index contributed by atoms with van der Waals surface area (Å²) in [5.74, 6) is 2.58. The fraction of sp³-hybridized carbons (Fsp3) is 0.706. The molecule has 132 valence electrons. The van der Waals surface area contributed by atoms with Crippen molar-refractivity contribution in [3.05, 3.63) is 22.4 Å². The van der Waals surface area contributed by atoms with Gasteiger partial charge in [-0.3, -0.25) is 4.99 Å². The predicted molar refractivity (Wildman–Crippen MR) is 112 cm³/mol. The van der Waals surface area contributed by atoms with Gasteiger partial charge in [0.1, 0.15) is 0 Å². The fourth-order valence-electron chi connectivity index (χ4n) is 3.28. The molecule has 0 saturated carbocycles. The second-order valence-corrected chi connectivity index (χ2v) is 7.32. The molecule has 1 saturated heterocycles. The Hall–Kier alpha value is -0.340. The smallest absolute Gasteiger partial charge is 0.191 e. The van der Waals surface area contributed by atoms with Gasteiger partial charge in [-0.05, 0) is 53.6 Å². The molecular weight excluding hydrogens is 419 g/mol. The highest BCUT2D eigenvalue weighted by atomic mass is 127. The van der Waals surface area contributed by atoms with Crippen LogP contribution in [-0.2, 0) is 6.54 Å². The Morgan fingerprint density at radius 1 is 1.30 bits per heavy atom. The van der Waals surface area contributed by atoms with Crippen LogP contribution in [0.5, 0.6) is 0 Å². The van der Waals surface area contributed by atoms with Crippen LogP contribution in [0, 0.1) is 11.8 Å². The van der Waals surface area contributed by atoms with E-state index in [0.29, 0.717) is 0 Å². The molecule has 2 rings (SSSR count). The lowest BCUT2D eigenvalue weighted by atomic mass is 9.92. The van der Waals surface area contributed by atoms with Crippen molar-refractivity contribution in [3.8, 4) is 0 Å². The van der Waals surface area contributed by atoms with Crippen LogP contribution >= 0.6 is 35.3 Å². The molecule has 1 aromatic heterocycles. The number of guanidine groups is 1. The second-order valence-electron chi connectivity index (χ2n) is 6.54. The second kappa shape index (κ2) is 11.3. The average Bonchev–Trinajstić information content (AvgIpc) is 2.99. The maximum Gasteiger partial charge on any atom is 0.191 e. The molecule has 2 unspecified atom stereocenters. The molecule has 0 spiro atoms. The summed E-state index contributed by atoms with van der Waals surface area (Å²) in [5, 5.41) is 11.0. The van der Waals surface area contributed by atoms with Crippen molar-refractivity contribution in [2.45, 2.75) is 33.2 Å². The van der Waals surface area contributed by atoms with Crippen molar-refractivity contribution in [1.29, 1.82) is 0 Å². The first-order chi connectivity index (χ1) is 10.7. The van der Waals surface area contributed by atoms with E-state index in [0.717, 1.165) is 30.9 Å². The first kappa shape index (κ1) is 20.7. The Labute approximate surface area is 162 Å². The zero-order valence-corrected chi connectivity index (χ0v) is 17.7. The normalized spacial score (nSPS) is 22.5. The lowest BCUT2D eigenvalue weighted by molar-refractivity contribution is 0.140. The molecule has 2 atom stereocenters. The number of hydrogen-bond acceptors (Lipinski definition) is 3. The number of thiophene rings is 1. The van der Waals surface area contributed by atoms with Crippen LogP contribution in [-0.4, -0.2) is 44.1 Å². The summed E-state index contributed by atoms with van der Waals surface area (Å²) in [6.07, 6.45) is 2.55. The first-order valence-electron chi connectivity index (χ1n) is 8.35. The highest BCUT2D eigenvalue weighted by Gasteiger charge is 2.20. The number of likely N-dealkylation sites (tertiary alicyclic amines) is 1. The highest BCUT2D eigenvalue weighted by molar-refractivity contribution is 14.0. The van der Waals surface area contributed by atoms with E-state index in [1.54, 1.807) is 11.3 Å². The minimum absolute atomic E-state index is 0. The zero-order chi connectivity index (χ0) is 15.8. The van der Waals surface area contributed by atoms with Crippen LogP contribution in [0.1, 0.15) is 32.3 Å². The molecule has 1 aromatic rings. The summed E-state index contributed by atoms with van der Waals surface area (Å²) in [6.45, 7) is 10.3. The minimum atomic E-state index is 0. The maximum atomic E-state index is 4.28. The molecule has 1 aliphatic rings. The highest BCUT2D eigenvalue weighted by Crippen LogP contribution is 2.20. The van der Waals surface area contributed by atoms with E-state index in [1.165, 1.54) is 38.0 Å². The Bertz CT molecular complexity index is 439. The molecule has 4 nitrogen and oxygen atoms in total. The van der Waals surface area contributed by atoms with Crippen LogP contribution in [0.3, 0.4) is 0 Å². The summed E-state index contributed by atoms with van der Waals surface area (Å²) >= 11 is 1.73. The molecule has 23 heavy (non-hydrogen) atoms. The molecule has 0 aliphatic carbocycles. The largest absolute Gasteiger partial charge is 0.356 e. The molecule has 0 aromatic carbocycles. The topological polar surface area (TPSA) is 39.7 Å². The molecule has 0 radical (unpaired) electrons. The van der Waals surface area contributed by atoms with Crippen molar-refractivity contribution >= 4 is 41.3 Å². The van der Waals surface area contributed by atoms with Crippen LogP contribution in [0.25, 0.3) is 0 Å². The van der Waals surface area contributed by atoms with Gasteiger partial charge in [0.25, 0.3) is 0 Å². The van der Waals surface area contributed by atoms with E-state index in [9.17, 15) is 0 Å². The van der Waals surface area contributed by atoms with Crippen LogP contribution in [0.15, 0.2) is 21.8 Å². The van der Waals surface area contributed by atoms with Crippen molar-refractivity contribution < 1.29 is 0 Å². The van der Waals surface area contributed by atoms with Gasteiger partial charge in [-0.2, -0.15) is 11.3 Å². The molecule has 2 heterocycles. The van der Waals surface area contributed by atoms with E-state index in [2.05, 4.69) is 51.2 Å². The minimum Gasteiger partial charge on any atom is -0.356 e. The number of nitrogens with one attached hydrogen (secondary N) is 2. The summed E-state index contributed by atoms with van der Waals surface area (Å²) in [5.41, 5.74) is 1.31. The third kappa shape index (κ3) is 7.85. The van der Waals surface area contributed by atoms with Crippen molar-refractivity contribution in [2.75, 3.05) is 33.2 Å². The summed E-state index contributed by atoms with van der Waals surface area (Å²) < 4.78 is 0. The molecule has 6 heteroatoms. The van der Waals surface area contributed by atoms with Gasteiger partial charge in [0, 0.05) is 33.2 Å². The zero-order valence-electron chi connectivity index (χ0n) is 14.5. The molecule has 1 fully saturated rings. The quantitative estimate of drug-likeness (QED) is 0.302. The van der Waals surface area contributed by atoms with Crippen LogP contribution < -0.4 is 10.6 Å². The van der Waals surface area contributed by atoms with Crippen LogP contribution in [0.4, 0.5) is 0 Å². The fourth-order valence-corrected chi connectivity index (χ4v) is 3.95. The van der Waals surface area contributed by atoms with E-state index in [-0.39, 0.29) is 24.0 Å². The number of rotatable bonds is 6. The van der Waals surface area contributed by atoms with Gasteiger partial charge < -0.3 is 15.5 Å². The number of piperidine rings is 1. The monoisotopic (exact) mass is 450 g/mol. The molecule has 1 aliphatic heterocycles. The Morgan fingerprint density at radius 2 is 2.04 bits per heavy atom. The van der Waals surface area contributed by atoms with Gasteiger partial charge in [0.05, 0.1) is 0 Å². The summed E-state index contributed by atoms with van der Waals surface area (Å²) in [6, 6.07) is 2.14. The van der Waals surface area contributed by atoms with E-state index >= 15 is 0 Å². The van der Waals surface area contributed by atoms with Gasteiger partial charge >= 0.3 is 0 Å². The number of nitrogens with zero attached hydrogens (tertiary/aromatic N) is 2. The van der Waals surface area contributed by atoms with Gasteiger partial charge in [0.15, 0.2) is 5.96 Å². The van der Waals surface area contributed by atoms with Crippen molar-refractivity contribution in [2.24, 2.45) is 16.8 Å². The van der Waals surface area contributed by atoms with Crippen LogP contribution in [0.2, 0.25) is 0 Å². The third-order valence-corrected chi connectivity index (χ3v) is 4.88. The predicted octanol–water partition coefficient (Wildman–Crippen LogP) is 3.40. The maximum absolute atomic E-state index is 4.28. The Balaban J connectivity index is 0.00000264. The number of halogens is 1. The van der Waals surface area contributed by atoms with Gasteiger partial charge in [-0.1, -0.05) is 13.8 Å². The molecular formula is C17H31IN4S. The van der Waals surface area contributed by atoms with Gasteiger partial charge in [-0.15, -0.1) is 24.0 Å². The molecule has 2 N–H and O–H groups in total. The summed E-state index contributed by atoms with van der Waals surface area (Å²) in [7, 11) is 1.83. The van der Waals surface area contributed by atoms with E-state index < -0.39 is 0 Å². The van der Waals surface area contributed by atoms with Crippen molar-refractivity contribution in [3.63, 3.8) is 0 Å². The van der Waals surface area contributed by atoms with Gasteiger partial charge in [-0.25, -0.2) is 0 Å². The van der Waals surface area contributed by atoms with Crippen molar-refractivity contribution in [1.82, 2.24) is 15.5 Å². The first-order valence-corrected chi connectivity index (χ1v) is 9.29.